The highest BCUT2D eigenvalue weighted by molar-refractivity contribution is 5.71. The molecule has 6 heteroatoms. The van der Waals surface area contributed by atoms with Crippen molar-refractivity contribution in [2.45, 2.75) is 258 Å². The number of esters is 3. The highest BCUT2D eigenvalue weighted by Gasteiger charge is 2.19. The van der Waals surface area contributed by atoms with E-state index in [1.54, 1.807) is 0 Å². The first-order valence-corrected chi connectivity index (χ1v) is 31.0. The van der Waals surface area contributed by atoms with Gasteiger partial charge < -0.3 is 14.2 Å². The first kappa shape index (κ1) is 72.0. The molecule has 0 saturated carbocycles. The van der Waals surface area contributed by atoms with E-state index in [9.17, 15) is 14.4 Å². The minimum Gasteiger partial charge on any atom is -0.462 e. The lowest BCUT2D eigenvalue weighted by Gasteiger charge is -2.18. The predicted octanol–water partition coefficient (Wildman–Crippen LogP) is 21.3. The quantitative estimate of drug-likeness (QED) is 0.0261. The van der Waals surface area contributed by atoms with Crippen LogP contribution in [0.15, 0.2) is 158 Å². The van der Waals surface area contributed by atoms with Crippen LogP contribution in [0.2, 0.25) is 0 Å². The summed E-state index contributed by atoms with van der Waals surface area (Å²) in [6, 6.07) is 0. The van der Waals surface area contributed by atoms with Crippen molar-refractivity contribution in [3.63, 3.8) is 0 Å². The van der Waals surface area contributed by atoms with Crippen LogP contribution in [0.25, 0.3) is 0 Å². The first-order chi connectivity index (χ1) is 38.0. The Morgan fingerprint density at radius 1 is 0.273 bits per heavy atom. The van der Waals surface area contributed by atoms with Crippen LogP contribution in [0, 0.1) is 0 Å². The number of hydrogen-bond donors (Lipinski definition) is 0. The summed E-state index contributed by atoms with van der Waals surface area (Å²) in [5.41, 5.74) is 0. The molecule has 0 aromatic heterocycles. The maximum Gasteiger partial charge on any atom is 0.306 e. The number of ether oxygens (including phenoxy) is 3. The topological polar surface area (TPSA) is 78.9 Å². The van der Waals surface area contributed by atoms with Crippen molar-refractivity contribution in [1.82, 2.24) is 0 Å². The van der Waals surface area contributed by atoms with Gasteiger partial charge in [0.05, 0.1) is 0 Å². The molecule has 0 aromatic rings. The molecule has 0 amide bonds. The zero-order chi connectivity index (χ0) is 55.7. The van der Waals surface area contributed by atoms with Gasteiger partial charge >= 0.3 is 17.9 Å². The van der Waals surface area contributed by atoms with Crippen molar-refractivity contribution in [3.8, 4) is 0 Å². The van der Waals surface area contributed by atoms with Crippen LogP contribution < -0.4 is 0 Å². The second kappa shape index (κ2) is 63.6. The van der Waals surface area contributed by atoms with Crippen LogP contribution in [-0.4, -0.2) is 37.2 Å². The van der Waals surface area contributed by atoms with Crippen molar-refractivity contribution < 1.29 is 28.6 Å². The molecule has 0 aliphatic heterocycles. The number of unbranched alkanes of at least 4 members (excludes halogenated alkanes) is 17. The molecule has 77 heavy (non-hydrogen) atoms. The molecule has 0 heterocycles. The van der Waals surface area contributed by atoms with Crippen LogP contribution in [0.5, 0.6) is 0 Å². The maximum atomic E-state index is 12.9. The standard InChI is InChI=1S/C71H112O6/c1-4-7-10-13-16-19-22-25-28-31-34-35-38-40-43-46-49-52-55-58-61-64-70(73)76-67-68(77-71(74)65-62-59-56-53-50-47-44-41-37-33-30-27-24-21-18-15-12-9-6-3)66-75-69(72)63-60-57-54-51-48-45-42-39-36-32-29-26-23-20-17-14-11-8-5-2/h8-9,11-12,17-18,20-22,25-27,29-31,34,36-41,47,50,56,59,68H,4-7,10,13-16,19,23-24,28,32-33,35,42-46,48-49,51-55,57-58,60-67H2,1-3H3/b11-8-,12-9-,20-17-,21-18-,25-22-,29-26-,30-27-,34-31-,39-36-,40-38-,41-37-,50-47-,59-56-. The summed E-state index contributed by atoms with van der Waals surface area (Å²) in [7, 11) is 0. The molecule has 0 aromatic carbocycles. The summed E-state index contributed by atoms with van der Waals surface area (Å²) in [4.78, 5) is 38.3. The van der Waals surface area contributed by atoms with Crippen LogP contribution in [0.3, 0.4) is 0 Å². The molecule has 0 spiro atoms. The molecule has 0 bridgehead atoms. The first-order valence-electron chi connectivity index (χ1n) is 31.0. The van der Waals surface area contributed by atoms with Gasteiger partial charge in [-0.25, -0.2) is 0 Å². The van der Waals surface area contributed by atoms with Gasteiger partial charge in [-0.05, 0) is 135 Å². The van der Waals surface area contributed by atoms with Crippen LogP contribution >= 0.6 is 0 Å². The van der Waals surface area contributed by atoms with Crippen molar-refractivity contribution >= 4 is 17.9 Å². The highest BCUT2D eigenvalue weighted by Crippen LogP contribution is 2.13. The van der Waals surface area contributed by atoms with Crippen molar-refractivity contribution in [1.29, 1.82) is 0 Å². The molecule has 0 radical (unpaired) electrons. The summed E-state index contributed by atoms with van der Waals surface area (Å²) in [6.07, 6.45) is 92.5. The highest BCUT2D eigenvalue weighted by atomic mass is 16.6. The Hall–Kier alpha value is -4.97. The SMILES string of the molecule is CC/C=C\C/C=C\C/C=C\C/C=C\C/C=C\C/C=C\CCC(=O)OC(COC(=O)CCCCCCCC/C=C\C/C=C\C/C=C\C/C=C\CC)COC(=O)CCCCCCCC/C=C\C/C=C\C/C=C\CCCCCCC. The van der Waals surface area contributed by atoms with Crippen LogP contribution in [0.1, 0.15) is 252 Å². The van der Waals surface area contributed by atoms with E-state index < -0.39 is 12.1 Å². The normalized spacial score (nSPS) is 13.2. The summed E-state index contributed by atoms with van der Waals surface area (Å²) < 4.78 is 16.8. The van der Waals surface area contributed by atoms with E-state index in [0.29, 0.717) is 19.3 Å². The Morgan fingerprint density at radius 3 is 0.844 bits per heavy atom. The van der Waals surface area contributed by atoms with Crippen LogP contribution in [0.4, 0.5) is 0 Å². The maximum absolute atomic E-state index is 12.9. The second-order valence-electron chi connectivity index (χ2n) is 19.8. The van der Waals surface area contributed by atoms with Gasteiger partial charge in [-0.1, -0.05) is 256 Å². The third kappa shape index (κ3) is 61.8. The van der Waals surface area contributed by atoms with E-state index >= 15 is 0 Å². The molecule has 1 unspecified atom stereocenters. The Kier molecular flexibility index (Phi) is 59.5. The fraction of sp³-hybridized carbons (Fsp3) is 0.592. The molecular weight excluding hydrogens is 949 g/mol. The smallest absolute Gasteiger partial charge is 0.306 e. The Labute approximate surface area is 473 Å². The molecule has 0 aliphatic rings. The van der Waals surface area contributed by atoms with E-state index in [1.165, 1.54) is 64.2 Å². The molecule has 432 valence electrons. The summed E-state index contributed by atoms with van der Waals surface area (Å²) in [5.74, 6) is -1.04. The van der Waals surface area contributed by atoms with Gasteiger partial charge in [0, 0.05) is 19.3 Å². The number of allylic oxidation sites excluding steroid dienone is 26. The zero-order valence-corrected chi connectivity index (χ0v) is 49.4. The molecule has 0 N–H and O–H groups in total. The van der Waals surface area contributed by atoms with Gasteiger partial charge in [0.25, 0.3) is 0 Å². The lowest BCUT2D eigenvalue weighted by Crippen LogP contribution is -2.30. The predicted molar refractivity (Wildman–Crippen MR) is 334 cm³/mol. The minimum atomic E-state index is -0.840. The fourth-order valence-electron chi connectivity index (χ4n) is 7.94. The summed E-state index contributed by atoms with van der Waals surface area (Å²) >= 11 is 0. The number of hydrogen-bond acceptors (Lipinski definition) is 6. The van der Waals surface area contributed by atoms with Crippen molar-refractivity contribution in [3.05, 3.63) is 158 Å². The summed E-state index contributed by atoms with van der Waals surface area (Å²) in [6.45, 7) is 6.31. The second-order valence-corrected chi connectivity index (χ2v) is 19.8. The largest absolute Gasteiger partial charge is 0.462 e. The molecule has 0 saturated heterocycles. The monoisotopic (exact) mass is 1060 g/mol. The van der Waals surface area contributed by atoms with Crippen molar-refractivity contribution in [2.75, 3.05) is 13.2 Å². The van der Waals surface area contributed by atoms with E-state index in [1.807, 2.05) is 12.2 Å². The van der Waals surface area contributed by atoms with Crippen LogP contribution in [-0.2, 0) is 28.6 Å². The molecule has 0 aliphatic carbocycles. The van der Waals surface area contributed by atoms with Gasteiger partial charge in [0.2, 0.25) is 0 Å². The molecule has 0 fully saturated rings. The molecular formula is C71H112O6. The lowest BCUT2D eigenvalue weighted by atomic mass is 10.1. The third-order valence-corrected chi connectivity index (χ3v) is 12.5. The lowest BCUT2D eigenvalue weighted by molar-refractivity contribution is -0.166. The summed E-state index contributed by atoms with van der Waals surface area (Å²) in [5, 5.41) is 0. The van der Waals surface area contributed by atoms with E-state index in [0.717, 1.165) is 141 Å². The van der Waals surface area contributed by atoms with Gasteiger partial charge in [-0.2, -0.15) is 0 Å². The molecule has 6 nitrogen and oxygen atoms in total. The van der Waals surface area contributed by atoms with Gasteiger partial charge in [0.15, 0.2) is 6.10 Å². The Morgan fingerprint density at radius 2 is 0.532 bits per heavy atom. The number of rotatable bonds is 54. The molecule has 1 atom stereocenters. The average molecular weight is 1060 g/mol. The Balaban J connectivity index is 4.58. The van der Waals surface area contributed by atoms with Gasteiger partial charge in [-0.3, -0.25) is 14.4 Å². The number of carbonyl (C=O) groups is 3. The van der Waals surface area contributed by atoms with E-state index in [4.69, 9.17) is 14.2 Å². The zero-order valence-electron chi connectivity index (χ0n) is 49.4. The fourth-order valence-corrected chi connectivity index (χ4v) is 7.94. The van der Waals surface area contributed by atoms with E-state index in [2.05, 4.69) is 167 Å². The minimum absolute atomic E-state index is 0.127. The third-order valence-electron chi connectivity index (χ3n) is 12.5. The molecule has 0 rings (SSSR count). The van der Waals surface area contributed by atoms with Gasteiger partial charge in [-0.15, -0.1) is 0 Å². The Bertz CT molecular complexity index is 1740. The van der Waals surface area contributed by atoms with Crippen molar-refractivity contribution in [2.24, 2.45) is 0 Å². The van der Waals surface area contributed by atoms with Gasteiger partial charge in [0.1, 0.15) is 13.2 Å². The number of carbonyl (C=O) groups excluding carboxylic acids is 3. The average Bonchev–Trinajstić information content (AvgIpc) is 3.43. The van der Waals surface area contributed by atoms with E-state index in [-0.39, 0.29) is 31.6 Å².